The molecule has 2 aliphatic heterocycles. The summed E-state index contributed by atoms with van der Waals surface area (Å²) in [5, 5.41) is 1.03. The third-order valence-electron chi connectivity index (χ3n) is 7.80. The van der Waals surface area contributed by atoms with Crippen LogP contribution < -0.4 is 9.64 Å². The van der Waals surface area contributed by atoms with Gasteiger partial charge in [-0.15, -0.1) is 0 Å². The number of ether oxygens (including phenoxy) is 1. The molecule has 0 radical (unpaired) electrons. The lowest BCUT2D eigenvalue weighted by atomic mass is 9.78. The minimum atomic E-state index is 0.146. The summed E-state index contributed by atoms with van der Waals surface area (Å²) < 4.78 is 5.71. The third-order valence-corrected chi connectivity index (χ3v) is 8.34. The molecule has 0 amide bonds. The smallest absolute Gasteiger partial charge is 0.164 e. The monoisotopic (exact) mass is 501 g/mol. The number of rotatable bonds is 7. The average Bonchev–Trinajstić information content (AvgIpc) is 3.33. The average molecular weight is 502 g/mol. The second kappa shape index (κ2) is 10.8. The molecular weight excluding hydrogens is 469 g/mol. The number of hydrogen-bond donors (Lipinski definition) is 0. The maximum atomic E-state index is 12.7. The molecule has 182 valence electrons. The van der Waals surface area contributed by atoms with E-state index in [0.717, 1.165) is 69.5 Å². The summed E-state index contributed by atoms with van der Waals surface area (Å²) >= 11 is 12.2. The summed E-state index contributed by atoms with van der Waals surface area (Å²) in [6.45, 7) is 6.21. The molecule has 1 saturated carbocycles. The van der Waals surface area contributed by atoms with Crippen molar-refractivity contribution in [3.05, 3.63) is 51.6 Å². The molecule has 5 rings (SSSR count). The van der Waals surface area contributed by atoms with E-state index in [1.807, 2.05) is 12.3 Å². The summed E-state index contributed by atoms with van der Waals surface area (Å²) in [6.07, 6.45) is 9.44. The van der Waals surface area contributed by atoms with Crippen LogP contribution in [0.5, 0.6) is 5.75 Å². The highest BCUT2D eigenvalue weighted by molar-refractivity contribution is 6.36. The zero-order valence-corrected chi connectivity index (χ0v) is 21.2. The maximum Gasteiger partial charge on any atom is 0.164 e. The van der Waals surface area contributed by atoms with E-state index in [4.69, 9.17) is 27.9 Å². The van der Waals surface area contributed by atoms with Crippen molar-refractivity contribution in [1.29, 1.82) is 0 Å². The molecule has 2 fully saturated rings. The van der Waals surface area contributed by atoms with E-state index in [1.54, 1.807) is 18.2 Å². The van der Waals surface area contributed by atoms with Crippen molar-refractivity contribution in [3.63, 3.8) is 0 Å². The molecule has 0 unspecified atom stereocenters. The van der Waals surface area contributed by atoms with Crippen LogP contribution in [0.25, 0.3) is 0 Å². The van der Waals surface area contributed by atoms with E-state index in [2.05, 4.69) is 14.8 Å². The van der Waals surface area contributed by atoms with Gasteiger partial charge in [0.1, 0.15) is 11.6 Å². The first kappa shape index (κ1) is 23.9. The minimum absolute atomic E-state index is 0.146. The molecule has 1 aromatic carbocycles. The van der Waals surface area contributed by atoms with Crippen molar-refractivity contribution in [2.75, 3.05) is 44.2 Å². The molecule has 34 heavy (non-hydrogen) atoms. The molecule has 3 aliphatic rings. The van der Waals surface area contributed by atoms with Crippen molar-refractivity contribution in [3.8, 4) is 5.75 Å². The zero-order chi connectivity index (χ0) is 23.5. The lowest BCUT2D eigenvalue weighted by Gasteiger charge is -2.37. The van der Waals surface area contributed by atoms with Crippen LogP contribution in [0.2, 0.25) is 10.0 Å². The van der Waals surface area contributed by atoms with Gasteiger partial charge in [0.15, 0.2) is 5.78 Å². The largest absolute Gasteiger partial charge is 0.493 e. The standard InChI is InChI=1S/C27H33Cl2N3O2/c28-21-5-6-22(24(29)18-21)25(33)17-20-3-1-19(2-4-20)8-11-31-12-14-32(15-13-31)27-23-9-16-34-26(23)7-10-30-27/h5-7,10,18-20H,1-4,8-9,11-17H2. The molecule has 3 heterocycles. The Balaban J connectivity index is 1.03. The number of halogens is 2. The molecule has 0 bridgehead atoms. The van der Waals surface area contributed by atoms with Crippen LogP contribution in [-0.4, -0.2) is 55.0 Å². The predicted molar refractivity (Wildman–Crippen MR) is 138 cm³/mol. The van der Waals surface area contributed by atoms with Crippen LogP contribution in [0.4, 0.5) is 5.82 Å². The van der Waals surface area contributed by atoms with E-state index >= 15 is 0 Å². The van der Waals surface area contributed by atoms with Crippen molar-refractivity contribution in [2.45, 2.75) is 44.9 Å². The molecule has 1 saturated heterocycles. The summed E-state index contributed by atoms with van der Waals surface area (Å²) in [7, 11) is 0. The summed E-state index contributed by atoms with van der Waals surface area (Å²) in [6, 6.07) is 7.14. The number of ketones is 1. The topological polar surface area (TPSA) is 45.7 Å². The number of aromatic nitrogens is 1. The van der Waals surface area contributed by atoms with Gasteiger partial charge in [0.2, 0.25) is 0 Å². The first-order chi connectivity index (χ1) is 16.6. The highest BCUT2D eigenvalue weighted by Crippen LogP contribution is 2.35. The maximum absolute atomic E-state index is 12.7. The van der Waals surface area contributed by atoms with Gasteiger partial charge in [-0.05, 0) is 61.9 Å². The zero-order valence-electron chi connectivity index (χ0n) is 19.6. The molecule has 0 N–H and O–H groups in total. The van der Waals surface area contributed by atoms with Crippen molar-refractivity contribution in [1.82, 2.24) is 9.88 Å². The fourth-order valence-electron chi connectivity index (χ4n) is 5.73. The normalized spacial score (nSPS) is 22.9. The van der Waals surface area contributed by atoms with Gasteiger partial charge in [0, 0.05) is 61.4 Å². The van der Waals surface area contributed by atoms with Crippen LogP contribution in [0, 0.1) is 11.8 Å². The Kier molecular flexibility index (Phi) is 7.62. The minimum Gasteiger partial charge on any atom is -0.493 e. The lowest BCUT2D eigenvalue weighted by molar-refractivity contribution is 0.0940. The molecule has 0 spiro atoms. The number of hydrogen-bond acceptors (Lipinski definition) is 5. The molecule has 2 aromatic rings. The van der Waals surface area contributed by atoms with E-state index in [-0.39, 0.29) is 5.78 Å². The SMILES string of the molecule is O=C(CC1CCC(CCN2CCN(c3nccc4c3CCO4)CC2)CC1)c1ccc(Cl)cc1Cl. The number of anilines is 1. The highest BCUT2D eigenvalue weighted by Gasteiger charge is 2.27. The second-order valence-electron chi connectivity index (χ2n) is 9.97. The molecule has 7 heteroatoms. The van der Waals surface area contributed by atoms with E-state index in [9.17, 15) is 4.79 Å². The Bertz CT molecular complexity index is 1010. The predicted octanol–water partition coefficient (Wildman–Crippen LogP) is 5.91. The Morgan fingerprint density at radius 3 is 2.56 bits per heavy atom. The number of benzene rings is 1. The number of carbonyl (C=O) groups is 1. The fraction of sp³-hybridized carbons (Fsp3) is 0.556. The Hall–Kier alpha value is -1.82. The quantitative estimate of drug-likeness (QED) is 0.440. The first-order valence-electron chi connectivity index (χ1n) is 12.6. The van der Waals surface area contributed by atoms with E-state index in [1.165, 1.54) is 31.4 Å². The van der Waals surface area contributed by atoms with Gasteiger partial charge >= 0.3 is 0 Å². The van der Waals surface area contributed by atoms with Crippen LogP contribution in [-0.2, 0) is 6.42 Å². The van der Waals surface area contributed by atoms with E-state index in [0.29, 0.717) is 27.9 Å². The fourth-order valence-corrected chi connectivity index (χ4v) is 6.24. The van der Waals surface area contributed by atoms with Crippen LogP contribution in [0.15, 0.2) is 30.5 Å². The molecule has 0 atom stereocenters. The van der Waals surface area contributed by atoms with Gasteiger partial charge in [-0.1, -0.05) is 36.0 Å². The molecular formula is C27H33Cl2N3O2. The van der Waals surface area contributed by atoms with Gasteiger partial charge in [-0.25, -0.2) is 4.98 Å². The van der Waals surface area contributed by atoms with Crippen molar-refractivity contribution >= 4 is 34.8 Å². The molecule has 1 aliphatic carbocycles. The Morgan fingerprint density at radius 1 is 1.03 bits per heavy atom. The Labute approximate surface area is 212 Å². The summed E-state index contributed by atoms with van der Waals surface area (Å²) in [4.78, 5) is 22.4. The lowest BCUT2D eigenvalue weighted by Crippen LogP contribution is -2.47. The van der Waals surface area contributed by atoms with Crippen molar-refractivity contribution in [2.24, 2.45) is 11.8 Å². The number of carbonyl (C=O) groups excluding carboxylic acids is 1. The van der Waals surface area contributed by atoms with Gasteiger partial charge < -0.3 is 9.64 Å². The van der Waals surface area contributed by atoms with Crippen LogP contribution in [0.3, 0.4) is 0 Å². The first-order valence-corrected chi connectivity index (χ1v) is 13.4. The Morgan fingerprint density at radius 2 is 1.79 bits per heavy atom. The van der Waals surface area contributed by atoms with Crippen LogP contribution >= 0.6 is 23.2 Å². The molecule has 1 aromatic heterocycles. The molecule has 5 nitrogen and oxygen atoms in total. The van der Waals surface area contributed by atoms with Gasteiger partial charge in [0.05, 0.1) is 11.6 Å². The van der Waals surface area contributed by atoms with Gasteiger partial charge in [0.25, 0.3) is 0 Å². The second-order valence-corrected chi connectivity index (χ2v) is 10.8. The summed E-state index contributed by atoms with van der Waals surface area (Å²) in [5.41, 5.74) is 1.89. The summed E-state index contributed by atoms with van der Waals surface area (Å²) in [5.74, 6) is 3.54. The van der Waals surface area contributed by atoms with Gasteiger partial charge in [-0.2, -0.15) is 0 Å². The highest BCUT2D eigenvalue weighted by atomic mass is 35.5. The van der Waals surface area contributed by atoms with E-state index < -0.39 is 0 Å². The van der Waals surface area contributed by atoms with Crippen LogP contribution in [0.1, 0.15) is 54.4 Å². The van der Waals surface area contributed by atoms with Gasteiger partial charge in [-0.3, -0.25) is 9.69 Å². The third kappa shape index (κ3) is 5.53. The van der Waals surface area contributed by atoms with Crippen molar-refractivity contribution < 1.29 is 9.53 Å². The number of piperazine rings is 1. The number of nitrogens with zero attached hydrogens (tertiary/aromatic N) is 3. The number of fused-ring (bicyclic) bond motifs is 1. The number of Topliss-reactive ketones (excluding diaryl/α,β-unsaturated/α-hetero) is 1. The number of pyridine rings is 1.